The molecule has 1 heterocycles. The summed E-state index contributed by atoms with van der Waals surface area (Å²) in [6, 6.07) is 4.30. The van der Waals surface area contributed by atoms with Gasteiger partial charge in [-0.3, -0.25) is 9.59 Å². The van der Waals surface area contributed by atoms with Gasteiger partial charge in [-0.1, -0.05) is 12.1 Å². The Balaban J connectivity index is 2.23. The third-order valence-electron chi connectivity index (χ3n) is 3.72. The number of primary amides is 1. The van der Waals surface area contributed by atoms with Crippen LogP contribution < -0.4 is 5.73 Å². The van der Waals surface area contributed by atoms with Gasteiger partial charge >= 0.3 is 6.18 Å². The van der Waals surface area contributed by atoms with Crippen molar-refractivity contribution in [1.29, 1.82) is 0 Å². The number of alkyl halides is 3. The Morgan fingerprint density at radius 1 is 1.43 bits per heavy atom. The predicted molar refractivity (Wildman–Crippen MR) is 68.9 cm³/mol. The first-order valence-corrected chi connectivity index (χ1v) is 6.46. The molecule has 0 saturated carbocycles. The maximum Gasteiger partial charge on any atom is 0.416 e. The topological polar surface area (TPSA) is 63.4 Å². The summed E-state index contributed by atoms with van der Waals surface area (Å²) in [5.41, 5.74) is 4.79. The van der Waals surface area contributed by atoms with Crippen molar-refractivity contribution in [2.75, 3.05) is 6.54 Å². The van der Waals surface area contributed by atoms with E-state index in [0.29, 0.717) is 5.56 Å². The van der Waals surface area contributed by atoms with Crippen molar-refractivity contribution in [3.63, 3.8) is 0 Å². The molecule has 0 bridgehead atoms. The van der Waals surface area contributed by atoms with Crippen LogP contribution in [-0.2, 0) is 15.8 Å². The highest BCUT2D eigenvalue weighted by Gasteiger charge is 2.37. The molecule has 114 valence electrons. The summed E-state index contributed by atoms with van der Waals surface area (Å²) in [6.07, 6.45) is -4.42. The van der Waals surface area contributed by atoms with Crippen molar-refractivity contribution in [2.45, 2.75) is 25.6 Å². The Morgan fingerprint density at radius 3 is 2.62 bits per heavy atom. The van der Waals surface area contributed by atoms with Gasteiger partial charge in [-0.2, -0.15) is 13.2 Å². The molecule has 0 aliphatic carbocycles. The Morgan fingerprint density at radius 2 is 2.10 bits per heavy atom. The smallest absolute Gasteiger partial charge is 0.369 e. The van der Waals surface area contributed by atoms with Gasteiger partial charge in [-0.05, 0) is 24.6 Å². The molecular weight excluding hydrogens is 285 g/mol. The first kappa shape index (κ1) is 15.3. The number of nitrogens with two attached hydrogens (primary N) is 1. The molecule has 7 heteroatoms. The molecule has 2 atom stereocenters. The molecule has 0 spiro atoms. The van der Waals surface area contributed by atoms with Crippen LogP contribution in [0.15, 0.2) is 24.3 Å². The summed E-state index contributed by atoms with van der Waals surface area (Å²) in [7, 11) is 0. The summed E-state index contributed by atoms with van der Waals surface area (Å²) in [5.74, 6) is -1.42. The minimum Gasteiger partial charge on any atom is -0.369 e. The normalized spacial score (nSPS) is 20.7. The van der Waals surface area contributed by atoms with E-state index in [1.807, 2.05) is 0 Å². The standard InChI is InChI=1S/C14H15F3N2O2/c1-8(19-7-10(13(18)21)6-12(19)20)9-3-2-4-11(5-9)14(15,16)17/h2-5,8,10H,6-7H2,1H3,(H2,18,21). The van der Waals surface area contributed by atoms with Crippen molar-refractivity contribution in [2.24, 2.45) is 11.7 Å². The van der Waals surface area contributed by atoms with Crippen molar-refractivity contribution in [1.82, 2.24) is 4.90 Å². The van der Waals surface area contributed by atoms with Crippen LogP contribution in [0.5, 0.6) is 0 Å². The minimum absolute atomic E-state index is 0.0125. The highest BCUT2D eigenvalue weighted by Crippen LogP contribution is 2.33. The molecule has 1 aliphatic rings. The van der Waals surface area contributed by atoms with Crippen molar-refractivity contribution in [3.05, 3.63) is 35.4 Å². The number of halogens is 3. The summed E-state index contributed by atoms with van der Waals surface area (Å²) in [5, 5.41) is 0. The number of carbonyl (C=O) groups excluding carboxylic acids is 2. The second-order valence-electron chi connectivity index (χ2n) is 5.15. The van der Waals surface area contributed by atoms with Crippen LogP contribution in [0, 0.1) is 5.92 Å². The summed E-state index contributed by atoms with van der Waals surface area (Å²) in [6.45, 7) is 1.78. The Labute approximate surface area is 119 Å². The number of hydrogen-bond donors (Lipinski definition) is 1. The van der Waals surface area contributed by atoms with E-state index >= 15 is 0 Å². The van der Waals surface area contributed by atoms with Crippen LogP contribution in [0.2, 0.25) is 0 Å². The molecule has 2 rings (SSSR count). The maximum absolute atomic E-state index is 12.7. The maximum atomic E-state index is 12.7. The second-order valence-corrected chi connectivity index (χ2v) is 5.15. The summed E-state index contributed by atoms with van der Waals surface area (Å²) >= 11 is 0. The first-order valence-electron chi connectivity index (χ1n) is 6.46. The van der Waals surface area contributed by atoms with Crippen LogP contribution in [0.3, 0.4) is 0 Å². The largest absolute Gasteiger partial charge is 0.416 e. The Bertz CT molecular complexity index is 572. The van der Waals surface area contributed by atoms with Crippen molar-refractivity contribution >= 4 is 11.8 Å². The predicted octanol–water partition coefficient (Wildman–Crippen LogP) is 2.10. The molecule has 1 aliphatic heterocycles. The second kappa shape index (κ2) is 5.38. The van der Waals surface area contributed by atoms with E-state index in [9.17, 15) is 22.8 Å². The number of likely N-dealkylation sites (tertiary alicyclic amines) is 1. The average molecular weight is 300 g/mol. The van der Waals surface area contributed by atoms with Gasteiger partial charge in [0.25, 0.3) is 0 Å². The first-order chi connectivity index (χ1) is 9.70. The molecule has 21 heavy (non-hydrogen) atoms. The molecule has 1 aromatic carbocycles. The van der Waals surface area contributed by atoms with Gasteiger partial charge in [0.1, 0.15) is 0 Å². The van der Waals surface area contributed by atoms with E-state index in [1.165, 1.54) is 17.0 Å². The van der Waals surface area contributed by atoms with E-state index in [0.717, 1.165) is 12.1 Å². The molecule has 1 saturated heterocycles. The average Bonchev–Trinajstić information content (AvgIpc) is 2.79. The van der Waals surface area contributed by atoms with E-state index in [-0.39, 0.29) is 18.9 Å². The molecule has 2 N–H and O–H groups in total. The van der Waals surface area contributed by atoms with Crippen LogP contribution in [0.25, 0.3) is 0 Å². The van der Waals surface area contributed by atoms with Crippen LogP contribution in [0.1, 0.15) is 30.5 Å². The third kappa shape index (κ3) is 3.17. The molecule has 0 radical (unpaired) electrons. The number of rotatable bonds is 3. The van der Waals surface area contributed by atoms with Gasteiger partial charge < -0.3 is 10.6 Å². The summed E-state index contributed by atoms with van der Waals surface area (Å²) < 4.78 is 38.1. The fourth-order valence-corrected chi connectivity index (χ4v) is 2.45. The molecule has 2 unspecified atom stereocenters. The molecular formula is C14H15F3N2O2. The van der Waals surface area contributed by atoms with Crippen LogP contribution in [0.4, 0.5) is 13.2 Å². The number of benzene rings is 1. The van der Waals surface area contributed by atoms with Gasteiger partial charge in [-0.25, -0.2) is 0 Å². The van der Waals surface area contributed by atoms with E-state index in [4.69, 9.17) is 5.73 Å². The number of hydrogen-bond acceptors (Lipinski definition) is 2. The third-order valence-corrected chi connectivity index (χ3v) is 3.72. The number of nitrogens with zero attached hydrogens (tertiary/aromatic N) is 1. The zero-order chi connectivity index (χ0) is 15.8. The number of amides is 2. The lowest BCUT2D eigenvalue weighted by Crippen LogP contribution is -2.31. The fourth-order valence-electron chi connectivity index (χ4n) is 2.45. The highest BCUT2D eigenvalue weighted by atomic mass is 19.4. The Kier molecular flexibility index (Phi) is 3.93. The van der Waals surface area contributed by atoms with E-state index in [1.54, 1.807) is 6.92 Å². The van der Waals surface area contributed by atoms with Crippen molar-refractivity contribution in [3.8, 4) is 0 Å². The van der Waals surface area contributed by atoms with Gasteiger partial charge in [0.2, 0.25) is 11.8 Å². The molecule has 1 aromatic rings. The van der Waals surface area contributed by atoms with Crippen LogP contribution in [-0.4, -0.2) is 23.3 Å². The lowest BCUT2D eigenvalue weighted by Gasteiger charge is -2.25. The number of carbonyl (C=O) groups is 2. The fraction of sp³-hybridized carbons (Fsp3) is 0.429. The van der Waals surface area contributed by atoms with Gasteiger partial charge in [0.05, 0.1) is 17.5 Å². The zero-order valence-corrected chi connectivity index (χ0v) is 11.4. The molecule has 0 aromatic heterocycles. The minimum atomic E-state index is -4.43. The monoisotopic (exact) mass is 300 g/mol. The quantitative estimate of drug-likeness (QED) is 0.929. The molecule has 1 fully saturated rings. The van der Waals surface area contributed by atoms with Gasteiger partial charge in [0.15, 0.2) is 0 Å². The lowest BCUT2D eigenvalue weighted by atomic mass is 10.0. The molecule has 2 amide bonds. The molecule has 4 nitrogen and oxygen atoms in total. The zero-order valence-electron chi connectivity index (χ0n) is 11.4. The lowest BCUT2D eigenvalue weighted by molar-refractivity contribution is -0.137. The van der Waals surface area contributed by atoms with E-state index < -0.39 is 29.6 Å². The SMILES string of the molecule is CC(c1cccc(C(F)(F)F)c1)N1CC(C(N)=O)CC1=O. The van der Waals surface area contributed by atoms with Gasteiger partial charge in [0, 0.05) is 13.0 Å². The Hall–Kier alpha value is -2.05. The van der Waals surface area contributed by atoms with Gasteiger partial charge in [-0.15, -0.1) is 0 Å². The van der Waals surface area contributed by atoms with Crippen LogP contribution >= 0.6 is 0 Å². The summed E-state index contributed by atoms with van der Waals surface area (Å²) in [4.78, 5) is 24.4. The van der Waals surface area contributed by atoms with E-state index in [2.05, 4.69) is 0 Å². The van der Waals surface area contributed by atoms with Crippen molar-refractivity contribution < 1.29 is 22.8 Å². The highest BCUT2D eigenvalue weighted by molar-refractivity contribution is 5.88.